The standard InChI is InChI=1S/C13H21N5O/c1-5-14-11(13-15-7-8-17(13)3)12-10(19-4)9-16-18(12)6-2/h7-9,11,14H,5-6H2,1-4H3. The lowest BCUT2D eigenvalue weighted by Crippen LogP contribution is -2.27. The van der Waals surface area contributed by atoms with E-state index in [1.807, 2.05) is 22.5 Å². The first-order chi connectivity index (χ1) is 9.22. The summed E-state index contributed by atoms with van der Waals surface area (Å²) in [5, 5.41) is 7.82. The van der Waals surface area contributed by atoms with Gasteiger partial charge in [-0.2, -0.15) is 5.10 Å². The molecule has 0 radical (unpaired) electrons. The minimum Gasteiger partial charge on any atom is -0.493 e. The monoisotopic (exact) mass is 263 g/mol. The van der Waals surface area contributed by atoms with Gasteiger partial charge in [0, 0.05) is 26.0 Å². The van der Waals surface area contributed by atoms with Crippen LogP contribution in [0.4, 0.5) is 0 Å². The van der Waals surface area contributed by atoms with Crippen LogP contribution in [-0.2, 0) is 13.6 Å². The van der Waals surface area contributed by atoms with E-state index in [0.29, 0.717) is 0 Å². The molecule has 2 heterocycles. The summed E-state index contributed by atoms with van der Waals surface area (Å²) >= 11 is 0. The van der Waals surface area contributed by atoms with E-state index in [1.54, 1.807) is 19.5 Å². The third-order valence-corrected chi connectivity index (χ3v) is 3.16. The van der Waals surface area contributed by atoms with Gasteiger partial charge in [-0.25, -0.2) is 4.98 Å². The first-order valence-electron chi connectivity index (χ1n) is 6.53. The molecule has 1 unspecified atom stereocenters. The van der Waals surface area contributed by atoms with Crippen molar-refractivity contribution in [1.82, 2.24) is 24.6 Å². The fourth-order valence-electron chi connectivity index (χ4n) is 2.25. The predicted molar refractivity (Wildman–Crippen MR) is 73.2 cm³/mol. The molecule has 2 rings (SSSR count). The number of aromatic nitrogens is 4. The van der Waals surface area contributed by atoms with Crippen LogP contribution in [0.5, 0.6) is 5.75 Å². The number of hydrogen-bond acceptors (Lipinski definition) is 4. The van der Waals surface area contributed by atoms with E-state index in [1.165, 1.54) is 0 Å². The Hall–Kier alpha value is -1.82. The van der Waals surface area contributed by atoms with Crippen LogP contribution < -0.4 is 10.1 Å². The lowest BCUT2D eigenvalue weighted by molar-refractivity contribution is 0.396. The molecule has 0 amide bonds. The van der Waals surface area contributed by atoms with E-state index in [0.717, 1.165) is 30.4 Å². The zero-order chi connectivity index (χ0) is 13.8. The largest absolute Gasteiger partial charge is 0.493 e. The van der Waals surface area contributed by atoms with Gasteiger partial charge in [0.15, 0.2) is 5.75 Å². The van der Waals surface area contributed by atoms with Crippen LogP contribution in [-0.4, -0.2) is 33.0 Å². The number of methoxy groups -OCH3 is 1. The maximum atomic E-state index is 5.43. The van der Waals surface area contributed by atoms with E-state index in [4.69, 9.17) is 4.74 Å². The van der Waals surface area contributed by atoms with Crippen LogP contribution in [0.3, 0.4) is 0 Å². The Morgan fingerprint density at radius 3 is 2.74 bits per heavy atom. The number of aryl methyl sites for hydroxylation is 2. The highest BCUT2D eigenvalue weighted by atomic mass is 16.5. The Bertz CT molecular complexity index is 509. The zero-order valence-corrected chi connectivity index (χ0v) is 11.9. The number of rotatable bonds is 6. The summed E-state index contributed by atoms with van der Waals surface area (Å²) in [5.74, 6) is 1.74. The second kappa shape index (κ2) is 5.88. The highest BCUT2D eigenvalue weighted by molar-refractivity contribution is 5.32. The summed E-state index contributed by atoms with van der Waals surface area (Å²) in [6.45, 7) is 5.78. The molecule has 0 fully saturated rings. The second-order valence-corrected chi connectivity index (χ2v) is 4.30. The molecule has 0 aromatic carbocycles. The fourth-order valence-corrected chi connectivity index (χ4v) is 2.25. The van der Waals surface area contributed by atoms with Crippen LogP contribution in [0, 0.1) is 0 Å². The van der Waals surface area contributed by atoms with Gasteiger partial charge in [-0.3, -0.25) is 4.68 Å². The van der Waals surface area contributed by atoms with Crippen LogP contribution in [0.1, 0.15) is 31.4 Å². The quantitative estimate of drug-likeness (QED) is 0.854. The molecule has 0 saturated heterocycles. The van der Waals surface area contributed by atoms with Gasteiger partial charge < -0.3 is 14.6 Å². The molecular formula is C13H21N5O. The van der Waals surface area contributed by atoms with E-state index in [9.17, 15) is 0 Å². The molecule has 104 valence electrons. The molecule has 19 heavy (non-hydrogen) atoms. The molecule has 6 nitrogen and oxygen atoms in total. The normalized spacial score (nSPS) is 12.6. The highest BCUT2D eigenvalue weighted by Crippen LogP contribution is 2.28. The molecule has 1 N–H and O–H groups in total. The van der Waals surface area contributed by atoms with Crippen molar-refractivity contribution in [3.8, 4) is 5.75 Å². The summed E-state index contributed by atoms with van der Waals surface area (Å²) in [6.07, 6.45) is 5.50. The molecule has 0 saturated carbocycles. The number of hydrogen-bond donors (Lipinski definition) is 1. The number of nitrogens with one attached hydrogen (secondary N) is 1. The van der Waals surface area contributed by atoms with Crippen molar-refractivity contribution in [2.45, 2.75) is 26.4 Å². The SMILES string of the molecule is CCNC(c1nccn1C)c1c(OC)cnn1CC. The summed E-state index contributed by atoms with van der Waals surface area (Å²) in [4.78, 5) is 4.45. The van der Waals surface area contributed by atoms with E-state index in [-0.39, 0.29) is 6.04 Å². The smallest absolute Gasteiger partial charge is 0.162 e. The maximum absolute atomic E-state index is 5.43. The number of imidazole rings is 1. The predicted octanol–water partition coefficient (Wildman–Crippen LogP) is 1.34. The van der Waals surface area contributed by atoms with E-state index in [2.05, 4.69) is 29.2 Å². The van der Waals surface area contributed by atoms with Crippen molar-refractivity contribution < 1.29 is 4.74 Å². The minimum atomic E-state index is -0.0256. The van der Waals surface area contributed by atoms with Crippen LogP contribution >= 0.6 is 0 Å². The van der Waals surface area contributed by atoms with E-state index >= 15 is 0 Å². The van der Waals surface area contributed by atoms with Crippen molar-refractivity contribution in [1.29, 1.82) is 0 Å². The molecule has 0 aliphatic rings. The Morgan fingerprint density at radius 2 is 2.21 bits per heavy atom. The Labute approximate surface area is 113 Å². The van der Waals surface area contributed by atoms with Gasteiger partial charge in [0.05, 0.1) is 13.3 Å². The summed E-state index contributed by atoms with van der Waals surface area (Å²) in [5.41, 5.74) is 1.01. The highest BCUT2D eigenvalue weighted by Gasteiger charge is 2.25. The first kappa shape index (κ1) is 13.6. The Balaban J connectivity index is 2.50. The van der Waals surface area contributed by atoms with Gasteiger partial charge in [-0.1, -0.05) is 6.92 Å². The Kier molecular flexibility index (Phi) is 4.21. The third kappa shape index (κ3) is 2.49. The van der Waals surface area contributed by atoms with Crippen molar-refractivity contribution in [3.63, 3.8) is 0 Å². The number of nitrogens with zero attached hydrogens (tertiary/aromatic N) is 4. The lowest BCUT2D eigenvalue weighted by atomic mass is 10.1. The van der Waals surface area contributed by atoms with Crippen molar-refractivity contribution >= 4 is 0 Å². The molecule has 6 heteroatoms. The topological polar surface area (TPSA) is 56.9 Å². The fraction of sp³-hybridized carbons (Fsp3) is 0.538. The molecular weight excluding hydrogens is 242 g/mol. The van der Waals surface area contributed by atoms with Gasteiger partial charge in [-0.15, -0.1) is 0 Å². The Morgan fingerprint density at radius 1 is 1.42 bits per heavy atom. The van der Waals surface area contributed by atoms with Crippen molar-refractivity contribution in [3.05, 3.63) is 30.1 Å². The summed E-state index contributed by atoms with van der Waals surface area (Å²) in [6, 6.07) is -0.0256. The minimum absolute atomic E-state index is 0.0256. The summed E-state index contributed by atoms with van der Waals surface area (Å²) in [7, 11) is 3.66. The van der Waals surface area contributed by atoms with Gasteiger partial charge >= 0.3 is 0 Å². The second-order valence-electron chi connectivity index (χ2n) is 4.30. The lowest BCUT2D eigenvalue weighted by Gasteiger charge is -2.20. The summed E-state index contributed by atoms with van der Waals surface area (Å²) < 4.78 is 9.39. The van der Waals surface area contributed by atoms with Crippen molar-refractivity contribution in [2.24, 2.45) is 7.05 Å². The zero-order valence-electron chi connectivity index (χ0n) is 11.9. The van der Waals surface area contributed by atoms with Crippen LogP contribution in [0.25, 0.3) is 0 Å². The molecule has 0 bridgehead atoms. The van der Waals surface area contributed by atoms with Gasteiger partial charge in [0.1, 0.15) is 17.6 Å². The molecule has 0 aliphatic heterocycles. The van der Waals surface area contributed by atoms with E-state index < -0.39 is 0 Å². The first-order valence-corrected chi connectivity index (χ1v) is 6.53. The van der Waals surface area contributed by atoms with Gasteiger partial charge in [-0.05, 0) is 13.5 Å². The molecule has 2 aromatic heterocycles. The van der Waals surface area contributed by atoms with Gasteiger partial charge in [0.2, 0.25) is 0 Å². The molecule has 2 aromatic rings. The van der Waals surface area contributed by atoms with Crippen molar-refractivity contribution in [2.75, 3.05) is 13.7 Å². The van der Waals surface area contributed by atoms with Gasteiger partial charge in [0.25, 0.3) is 0 Å². The number of ether oxygens (including phenoxy) is 1. The average molecular weight is 263 g/mol. The molecule has 0 aliphatic carbocycles. The maximum Gasteiger partial charge on any atom is 0.162 e. The third-order valence-electron chi connectivity index (χ3n) is 3.16. The van der Waals surface area contributed by atoms with Crippen LogP contribution in [0.2, 0.25) is 0 Å². The van der Waals surface area contributed by atoms with Crippen LogP contribution in [0.15, 0.2) is 18.6 Å². The molecule has 1 atom stereocenters. The average Bonchev–Trinajstić information content (AvgIpc) is 3.01. The molecule has 0 spiro atoms.